The molecular formula is C18H14Br2O4. The lowest BCUT2D eigenvalue weighted by atomic mass is 9.92. The fourth-order valence-electron chi connectivity index (χ4n) is 2.20. The molecule has 1 N–H and O–H groups in total. The van der Waals surface area contributed by atoms with Crippen molar-refractivity contribution in [1.82, 2.24) is 0 Å². The predicted molar refractivity (Wildman–Crippen MR) is 97.3 cm³/mol. The van der Waals surface area contributed by atoms with Gasteiger partial charge in [-0.2, -0.15) is 0 Å². The third-order valence-corrected chi connectivity index (χ3v) is 4.60. The number of carbonyl (C=O) groups is 3. The number of carboxylic acids is 1. The van der Waals surface area contributed by atoms with Gasteiger partial charge in [0.1, 0.15) is 0 Å². The second-order valence-electron chi connectivity index (χ2n) is 5.30. The number of carbonyl (C=O) groups excluding carboxylic acids is 2. The first-order valence-corrected chi connectivity index (χ1v) is 8.75. The van der Waals surface area contributed by atoms with Crippen molar-refractivity contribution in [2.45, 2.75) is 12.8 Å². The molecule has 0 aliphatic rings. The van der Waals surface area contributed by atoms with Crippen molar-refractivity contribution in [2.75, 3.05) is 0 Å². The van der Waals surface area contributed by atoms with Crippen LogP contribution in [0.15, 0.2) is 57.5 Å². The smallest absolute Gasteiger partial charge is 0.307 e. The van der Waals surface area contributed by atoms with E-state index in [0.717, 1.165) is 8.95 Å². The number of carboxylic acid groups (broad SMARTS) is 1. The second kappa shape index (κ2) is 8.35. The molecule has 0 amide bonds. The molecule has 24 heavy (non-hydrogen) atoms. The molecule has 2 aromatic carbocycles. The summed E-state index contributed by atoms with van der Waals surface area (Å²) < 4.78 is 1.67. The van der Waals surface area contributed by atoms with Crippen LogP contribution in [0.2, 0.25) is 0 Å². The fraction of sp³-hybridized carbons (Fsp3) is 0.167. The van der Waals surface area contributed by atoms with Crippen LogP contribution in [0.3, 0.4) is 0 Å². The van der Waals surface area contributed by atoms with Crippen molar-refractivity contribution in [3.63, 3.8) is 0 Å². The van der Waals surface area contributed by atoms with Crippen LogP contribution in [0.4, 0.5) is 0 Å². The molecule has 0 aromatic heterocycles. The van der Waals surface area contributed by atoms with E-state index in [1.54, 1.807) is 48.5 Å². The molecule has 0 heterocycles. The van der Waals surface area contributed by atoms with Gasteiger partial charge in [0.05, 0.1) is 5.92 Å². The second-order valence-corrected chi connectivity index (χ2v) is 7.13. The first kappa shape index (κ1) is 18.5. The zero-order chi connectivity index (χ0) is 17.7. The van der Waals surface area contributed by atoms with Crippen LogP contribution in [0.25, 0.3) is 0 Å². The molecule has 124 valence electrons. The van der Waals surface area contributed by atoms with E-state index in [4.69, 9.17) is 0 Å². The number of hydrogen-bond donors (Lipinski definition) is 1. The van der Waals surface area contributed by atoms with Gasteiger partial charge in [-0.05, 0) is 24.3 Å². The first-order chi connectivity index (χ1) is 11.4. The lowest BCUT2D eigenvalue weighted by Crippen LogP contribution is -2.21. The quantitative estimate of drug-likeness (QED) is 0.613. The Balaban J connectivity index is 2.07. The minimum Gasteiger partial charge on any atom is -0.481 e. The summed E-state index contributed by atoms with van der Waals surface area (Å²) in [4.78, 5) is 35.9. The van der Waals surface area contributed by atoms with Gasteiger partial charge in [-0.25, -0.2) is 0 Å². The van der Waals surface area contributed by atoms with E-state index in [1.165, 1.54) is 0 Å². The van der Waals surface area contributed by atoms with Crippen molar-refractivity contribution >= 4 is 49.4 Å². The summed E-state index contributed by atoms with van der Waals surface area (Å²) in [6, 6.07) is 13.4. The van der Waals surface area contributed by atoms with Gasteiger partial charge in [-0.15, -0.1) is 0 Å². The van der Waals surface area contributed by atoms with Crippen molar-refractivity contribution in [3.8, 4) is 0 Å². The van der Waals surface area contributed by atoms with Gasteiger partial charge in [0.2, 0.25) is 0 Å². The summed E-state index contributed by atoms with van der Waals surface area (Å²) in [6.07, 6.45) is -0.418. The summed E-state index contributed by atoms with van der Waals surface area (Å²) in [6.45, 7) is 0. The summed E-state index contributed by atoms with van der Waals surface area (Å²) in [5, 5.41) is 9.33. The number of hydrogen-bond acceptors (Lipinski definition) is 3. The highest BCUT2D eigenvalue weighted by Crippen LogP contribution is 2.19. The zero-order valence-electron chi connectivity index (χ0n) is 12.5. The lowest BCUT2D eigenvalue weighted by Gasteiger charge is -2.11. The maximum Gasteiger partial charge on any atom is 0.307 e. The van der Waals surface area contributed by atoms with Crippen LogP contribution < -0.4 is 0 Å². The van der Waals surface area contributed by atoms with Gasteiger partial charge in [0.25, 0.3) is 0 Å². The van der Waals surface area contributed by atoms with Crippen LogP contribution in [-0.2, 0) is 4.79 Å². The molecule has 0 aliphatic carbocycles. The number of benzene rings is 2. The Bertz CT molecular complexity index is 692. The van der Waals surface area contributed by atoms with Crippen LogP contribution in [-0.4, -0.2) is 22.6 Å². The van der Waals surface area contributed by atoms with Crippen LogP contribution in [0.5, 0.6) is 0 Å². The Morgan fingerprint density at radius 3 is 1.38 bits per heavy atom. The van der Waals surface area contributed by atoms with Crippen LogP contribution in [0.1, 0.15) is 33.6 Å². The molecule has 2 rings (SSSR count). The standard InChI is InChI=1S/C18H14Br2O4/c19-14-5-1-11(2-6-14)16(21)9-13(18(23)24)10-17(22)12-3-7-15(20)8-4-12/h1-8,13H,9-10H2,(H,23,24). The normalized spacial score (nSPS) is 10.6. The van der Waals surface area contributed by atoms with Gasteiger partial charge < -0.3 is 5.11 Å². The molecule has 0 fully saturated rings. The predicted octanol–water partition coefficient (Wildman–Crippen LogP) is 4.76. The lowest BCUT2D eigenvalue weighted by molar-refractivity contribution is -0.141. The van der Waals surface area contributed by atoms with E-state index in [0.29, 0.717) is 11.1 Å². The molecule has 0 saturated carbocycles. The monoisotopic (exact) mass is 452 g/mol. The number of ketones is 2. The van der Waals surface area contributed by atoms with E-state index >= 15 is 0 Å². The fourth-order valence-corrected chi connectivity index (χ4v) is 2.73. The Morgan fingerprint density at radius 1 is 0.750 bits per heavy atom. The molecule has 0 saturated heterocycles. The molecule has 0 aliphatic heterocycles. The minimum absolute atomic E-state index is 0.209. The largest absolute Gasteiger partial charge is 0.481 e. The Morgan fingerprint density at radius 2 is 1.08 bits per heavy atom. The maximum absolute atomic E-state index is 12.2. The molecule has 0 bridgehead atoms. The Hall–Kier alpha value is -1.79. The Labute approximate surface area is 156 Å². The van der Waals surface area contributed by atoms with E-state index < -0.39 is 11.9 Å². The van der Waals surface area contributed by atoms with E-state index in [2.05, 4.69) is 31.9 Å². The maximum atomic E-state index is 12.2. The molecule has 0 unspecified atom stereocenters. The third-order valence-electron chi connectivity index (χ3n) is 3.55. The van der Waals surface area contributed by atoms with Crippen molar-refractivity contribution < 1.29 is 19.5 Å². The summed E-state index contributed by atoms with van der Waals surface area (Å²) in [7, 11) is 0. The number of Topliss-reactive ketones (excluding diaryl/α,β-unsaturated/α-hetero) is 2. The van der Waals surface area contributed by atoms with Gasteiger partial charge in [-0.3, -0.25) is 14.4 Å². The highest BCUT2D eigenvalue weighted by Gasteiger charge is 2.25. The summed E-state index contributed by atoms with van der Waals surface area (Å²) >= 11 is 6.56. The highest BCUT2D eigenvalue weighted by atomic mass is 79.9. The molecule has 2 aromatic rings. The number of aliphatic carboxylic acids is 1. The van der Waals surface area contributed by atoms with Crippen LogP contribution >= 0.6 is 31.9 Å². The molecule has 0 radical (unpaired) electrons. The minimum atomic E-state index is -1.15. The molecule has 0 atom stereocenters. The van der Waals surface area contributed by atoms with E-state index in [1.807, 2.05) is 0 Å². The average molecular weight is 454 g/mol. The average Bonchev–Trinajstić information content (AvgIpc) is 2.55. The van der Waals surface area contributed by atoms with Gasteiger partial charge in [0, 0.05) is 32.9 Å². The number of rotatable bonds is 7. The molecule has 0 spiro atoms. The summed E-state index contributed by atoms with van der Waals surface area (Å²) in [5.74, 6) is -2.78. The Kier molecular flexibility index (Phi) is 6.45. The molecule has 6 heteroatoms. The van der Waals surface area contributed by atoms with E-state index in [-0.39, 0.29) is 24.4 Å². The van der Waals surface area contributed by atoms with Crippen molar-refractivity contribution in [3.05, 3.63) is 68.6 Å². The number of halogens is 2. The van der Waals surface area contributed by atoms with Crippen molar-refractivity contribution in [1.29, 1.82) is 0 Å². The van der Waals surface area contributed by atoms with E-state index in [9.17, 15) is 19.5 Å². The topological polar surface area (TPSA) is 71.4 Å². The third kappa shape index (κ3) is 5.11. The van der Waals surface area contributed by atoms with Gasteiger partial charge in [0.15, 0.2) is 11.6 Å². The van der Waals surface area contributed by atoms with Crippen LogP contribution in [0, 0.1) is 5.92 Å². The molecule has 4 nitrogen and oxygen atoms in total. The SMILES string of the molecule is O=C(CC(CC(=O)c1ccc(Br)cc1)C(=O)O)c1ccc(Br)cc1. The highest BCUT2D eigenvalue weighted by molar-refractivity contribution is 9.10. The first-order valence-electron chi connectivity index (χ1n) is 7.17. The zero-order valence-corrected chi connectivity index (χ0v) is 15.7. The van der Waals surface area contributed by atoms with Crippen molar-refractivity contribution in [2.24, 2.45) is 5.92 Å². The van der Waals surface area contributed by atoms with Gasteiger partial charge in [-0.1, -0.05) is 56.1 Å². The van der Waals surface area contributed by atoms with Gasteiger partial charge >= 0.3 is 5.97 Å². The molecular weight excluding hydrogens is 440 g/mol. The summed E-state index contributed by atoms with van der Waals surface area (Å²) in [5.41, 5.74) is 0.862.